The monoisotopic (exact) mass is 441 g/mol. The molecular weight excluding hydrogens is 406 g/mol. The number of aryl methyl sites for hydroxylation is 1. The van der Waals surface area contributed by atoms with Crippen LogP contribution in [0.1, 0.15) is 82.3 Å². The molecule has 168 valence electrons. The summed E-state index contributed by atoms with van der Waals surface area (Å²) >= 11 is 1.77. The van der Waals surface area contributed by atoms with E-state index in [1.54, 1.807) is 35.6 Å². The molecule has 1 N–H and O–H groups in total. The molecule has 0 amide bonds. The first-order valence-electron chi connectivity index (χ1n) is 11.7. The summed E-state index contributed by atoms with van der Waals surface area (Å²) < 4.78 is 0. The van der Waals surface area contributed by atoms with Gasteiger partial charge in [0.05, 0.1) is 17.2 Å². The Morgan fingerprint density at radius 1 is 1.00 bits per heavy atom. The molecule has 0 saturated carbocycles. The predicted molar refractivity (Wildman–Crippen MR) is 131 cm³/mol. The molecule has 0 aliphatic carbocycles. The first kappa shape index (κ1) is 23.3. The molecule has 6 heteroatoms. The fourth-order valence-corrected chi connectivity index (χ4v) is 4.89. The smallest absolute Gasteiger partial charge is 0.269 e. The number of thiophene rings is 1. The molecular formula is C25H35N3O2S. The Morgan fingerprint density at radius 2 is 1.65 bits per heavy atom. The standard InChI is InChI=1S/C25H35N3O2S/c1-2-3-4-5-6-7-8-9-10-11-12-21-19-25(31-20-21)27-18-17-24(26-27)22-13-15-23(16-14-22)28(29)30/h13-17,19-20,26H,2-12,18H2,1H3. The molecule has 0 atom stereocenters. The zero-order valence-electron chi connectivity index (χ0n) is 18.6. The largest absolute Gasteiger partial charge is 0.297 e. The summed E-state index contributed by atoms with van der Waals surface area (Å²) in [5, 5.41) is 16.5. The van der Waals surface area contributed by atoms with E-state index in [9.17, 15) is 10.1 Å². The van der Waals surface area contributed by atoms with Gasteiger partial charge in [-0.25, -0.2) is 0 Å². The highest BCUT2D eigenvalue weighted by Crippen LogP contribution is 2.29. The molecule has 3 rings (SSSR count). The zero-order chi connectivity index (χ0) is 21.9. The Balaban J connectivity index is 1.33. The number of nitrogens with one attached hydrogen (secondary N) is 1. The lowest BCUT2D eigenvalue weighted by Crippen LogP contribution is -2.30. The van der Waals surface area contributed by atoms with Gasteiger partial charge in [0, 0.05) is 12.1 Å². The van der Waals surface area contributed by atoms with E-state index in [1.165, 1.54) is 74.8 Å². The SMILES string of the molecule is CCCCCCCCCCCCc1csc(N2CC=C(c3ccc([N+](=O)[O-])cc3)N2)c1. The van der Waals surface area contributed by atoms with Gasteiger partial charge in [-0.15, -0.1) is 11.3 Å². The van der Waals surface area contributed by atoms with Crippen molar-refractivity contribution >= 4 is 27.7 Å². The van der Waals surface area contributed by atoms with Crippen LogP contribution in [-0.4, -0.2) is 11.5 Å². The molecule has 1 aliphatic rings. The van der Waals surface area contributed by atoms with Crippen molar-refractivity contribution in [1.82, 2.24) is 5.43 Å². The highest BCUT2D eigenvalue weighted by molar-refractivity contribution is 7.14. The number of hydrazine groups is 1. The first-order chi connectivity index (χ1) is 15.2. The van der Waals surface area contributed by atoms with E-state index in [4.69, 9.17) is 0 Å². The maximum absolute atomic E-state index is 10.8. The third-order valence-corrected chi connectivity index (χ3v) is 6.85. The van der Waals surface area contributed by atoms with Gasteiger partial charge in [0.15, 0.2) is 0 Å². The molecule has 2 heterocycles. The fraction of sp³-hybridized carbons (Fsp3) is 0.520. The minimum Gasteiger partial charge on any atom is -0.297 e. The number of non-ortho nitro benzene ring substituents is 1. The lowest BCUT2D eigenvalue weighted by Gasteiger charge is -2.18. The van der Waals surface area contributed by atoms with E-state index in [-0.39, 0.29) is 10.6 Å². The molecule has 0 unspecified atom stereocenters. The summed E-state index contributed by atoms with van der Waals surface area (Å²) in [6, 6.07) is 8.99. The number of benzene rings is 1. The number of rotatable bonds is 14. The number of nitrogens with zero attached hydrogens (tertiary/aromatic N) is 2. The van der Waals surface area contributed by atoms with Crippen molar-refractivity contribution in [2.45, 2.75) is 77.6 Å². The third kappa shape index (κ3) is 7.39. The van der Waals surface area contributed by atoms with E-state index in [0.29, 0.717) is 0 Å². The van der Waals surface area contributed by atoms with E-state index in [2.05, 4.69) is 34.9 Å². The Labute approximate surface area is 190 Å². The second kappa shape index (κ2) is 12.5. The molecule has 1 aromatic carbocycles. The van der Waals surface area contributed by atoms with Crippen molar-refractivity contribution in [2.75, 3.05) is 11.6 Å². The third-order valence-electron chi connectivity index (χ3n) is 5.85. The van der Waals surface area contributed by atoms with E-state index >= 15 is 0 Å². The molecule has 2 aromatic rings. The summed E-state index contributed by atoms with van der Waals surface area (Å²) in [4.78, 5) is 10.5. The number of nitro groups is 1. The summed E-state index contributed by atoms with van der Waals surface area (Å²) in [7, 11) is 0. The van der Waals surface area contributed by atoms with Crippen molar-refractivity contribution in [2.24, 2.45) is 0 Å². The highest BCUT2D eigenvalue weighted by atomic mass is 32.1. The molecule has 0 radical (unpaired) electrons. The van der Waals surface area contributed by atoms with E-state index < -0.39 is 0 Å². The minimum absolute atomic E-state index is 0.120. The normalized spacial score (nSPS) is 13.3. The number of hydrogen-bond donors (Lipinski definition) is 1. The van der Waals surface area contributed by atoms with Crippen molar-refractivity contribution in [3.05, 3.63) is 63.0 Å². The van der Waals surface area contributed by atoms with Crippen molar-refractivity contribution < 1.29 is 4.92 Å². The van der Waals surface area contributed by atoms with Gasteiger partial charge in [-0.2, -0.15) is 0 Å². The number of anilines is 1. The second-order valence-electron chi connectivity index (χ2n) is 8.37. The lowest BCUT2D eigenvalue weighted by atomic mass is 10.0. The van der Waals surface area contributed by atoms with Crippen LogP contribution >= 0.6 is 11.3 Å². The molecule has 1 aliphatic heterocycles. The van der Waals surface area contributed by atoms with Crippen LogP contribution in [0.4, 0.5) is 10.7 Å². The van der Waals surface area contributed by atoms with Gasteiger partial charge in [-0.3, -0.25) is 20.5 Å². The van der Waals surface area contributed by atoms with Crippen LogP contribution in [0.3, 0.4) is 0 Å². The Hall–Kier alpha value is -2.34. The van der Waals surface area contributed by atoms with Gasteiger partial charge < -0.3 is 0 Å². The van der Waals surface area contributed by atoms with Crippen LogP contribution < -0.4 is 10.4 Å². The van der Waals surface area contributed by atoms with Crippen LogP contribution in [-0.2, 0) is 6.42 Å². The number of hydrogen-bond acceptors (Lipinski definition) is 5. The summed E-state index contributed by atoms with van der Waals surface area (Å²) in [6.45, 7) is 3.07. The van der Waals surface area contributed by atoms with E-state index in [0.717, 1.165) is 24.2 Å². The average Bonchev–Trinajstić information content (AvgIpc) is 3.45. The molecule has 0 bridgehead atoms. The fourth-order valence-electron chi connectivity index (χ4n) is 3.96. The summed E-state index contributed by atoms with van der Waals surface area (Å²) in [5.74, 6) is 0. The molecule has 1 aromatic heterocycles. The molecule has 5 nitrogen and oxygen atoms in total. The van der Waals surface area contributed by atoms with Gasteiger partial charge in [-0.05, 0) is 53.6 Å². The minimum atomic E-state index is -0.367. The molecule has 0 fully saturated rings. The molecule has 0 saturated heterocycles. The average molecular weight is 442 g/mol. The van der Waals surface area contributed by atoms with Gasteiger partial charge in [0.1, 0.15) is 5.00 Å². The van der Waals surface area contributed by atoms with Gasteiger partial charge in [-0.1, -0.05) is 64.7 Å². The maximum atomic E-state index is 10.8. The van der Waals surface area contributed by atoms with Gasteiger partial charge >= 0.3 is 0 Å². The Morgan fingerprint density at radius 3 is 2.29 bits per heavy atom. The number of unbranched alkanes of at least 4 members (excludes halogenated alkanes) is 9. The maximum Gasteiger partial charge on any atom is 0.269 e. The van der Waals surface area contributed by atoms with Crippen LogP contribution in [0.2, 0.25) is 0 Å². The quantitative estimate of drug-likeness (QED) is 0.187. The Bertz CT molecular complexity index is 845. The topological polar surface area (TPSA) is 58.4 Å². The summed E-state index contributed by atoms with van der Waals surface area (Å²) in [6.07, 6.45) is 17.0. The van der Waals surface area contributed by atoms with Crippen molar-refractivity contribution in [1.29, 1.82) is 0 Å². The predicted octanol–water partition coefficient (Wildman–Crippen LogP) is 7.49. The van der Waals surface area contributed by atoms with Crippen LogP contribution in [0.5, 0.6) is 0 Å². The zero-order valence-corrected chi connectivity index (χ0v) is 19.5. The van der Waals surface area contributed by atoms with E-state index in [1.807, 2.05) is 0 Å². The lowest BCUT2D eigenvalue weighted by molar-refractivity contribution is -0.384. The first-order valence-corrected chi connectivity index (χ1v) is 12.6. The van der Waals surface area contributed by atoms with Crippen molar-refractivity contribution in [3.8, 4) is 0 Å². The highest BCUT2D eigenvalue weighted by Gasteiger charge is 2.17. The van der Waals surface area contributed by atoms with Crippen LogP contribution in [0, 0.1) is 10.1 Å². The second-order valence-corrected chi connectivity index (χ2v) is 9.26. The Kier molecular flexibility index (Phi) is 9.40. The number of nitro benzene ring substituents is 1. The molecule has 0 spiro atoms. The van der Waals surface area contributed by atoms with Crippen molar-refractivity contribution in [3.63, 3.8) is 0 Å². The van der Waals surface area contributed by atoms with Crippen LogP contribution in [0.25, 0.3) is 5.70 Å². The molecule has 31 heavy (non-hydrogen) atoms. The van der Waals surface area contributed by atoms with Crippen LogP contribution in [0.15, 0.2) is 41.8 Å². The van der Waals surface area contributed by atoms with Gasteiger partial charge in [0.2, 0.25) is 0 Å². The van der Waals surface area contributed by atoms with Gasteiger partial charge in [0.25, 0.3) is 5.69 Å². The summed E-state index contributed by atoms with van der Waals surface area (Å²) in [5.41, 5.74) is 6.94.